The zero-order valence-corrected chi connectivity index (χ0v) is 14.7. The third kappa shape index (κ3) is 1.71. The van der Waals surface area contributed by atoms with Crippen LogP contribution in [0.25, 0.3) is 11.6 Å². The molecule has 0 fully saturated rings. The van der Waals surface area contributed by atoms with Gasteiger partial charge in [0.1, 0.15) is 0 Å². The first-order chi connectivity index (χ1) is 7.56. The van der Waals surface area contributed by atoms with Crippen LogP contribution in [0.3, 0.4) is 0 Å². The second-order valence-corrected chi connectivity index (χ2v) is 6.18. The van der Waals surface area contributed by atoms with Gasteiger partial charge in [-0.1, -0.05) is 0 Å². The van der Waals surface area contributed by atoms with E-state index < -0.39 is 0 Å². The first-order valence-corrected chi connectivity index (χ1v) is 7.41. The van der Waals surface area contributed by atoms with Crippen molar-refractivity contribution in [2.75, 3.05) is 0 Å². The molecule has 2 heterocycles. The van der Waals surface area contributed by atoms with Gasteiger partial charge in [-0.2, -0.15) is 0 Å². The molecule has 2 aromatic rings. The second kappa shape index (κ2) is 4.29. The quantitative estimate of drug-likeness (QED) is 0.501. The van der Waals surface area contributed by atoms with Gasteiger partial charge in [0, 0.05) is 0 Å². The van der Waals surface area contributed by atoms with Crippen LogP contribution in [0.15, 0.2) is 12.4 Å². The van der Waals surface area contributed by atoms with Crippen molar-refractivity contribution in [2.45, 2.75) is 20.3 Å². The molecule has 86 valence electrons. The summed E-state index contributed by atoms with van der Waals surface area (Å²) in [5.41, 5.74) is 2.47. The summed E-state index contributed by atoms with van der Waals surface area (Å²) in [7, 11) is 4.18. The summed E-state index contributed by atoms with van der Waals surface area (Å²) in [5.74, 6) is 2.28. The molecule has 16 heavy (non-hydrogen) atoms. The normalized spacial score (nSPS) is 11.1. The number of imidazole rings is 2. The van der Waals surface area contributed by atoms with E-state index in [9.17, 15) is 0 Å². The van der Waals surface area contributed by atoms with Crippen molar-refractivity contribution in [3.63, 3.8) is 0 Å². The standard InChI is InChI=1S/C11H16N4.Bi.2H/c1-5-9-8(2)13-11(15(9)4)10-12-6-7-14(10)3;;;/h6-7H,5H2,1-4H3;;;/q;+1;;. The summed E-state index contributed by atoms with van der Waals surface area (Å²) in [6.45, 7) is 4.26. The van der Waals surface area contributed by atoms with Crippen molar-refractivity contribution < 1.29 is 4.57 Å². The number of aryl methyl sites for hydroxylation is 2. The molecule has 0 aromatic carbocycles. The molecule has 0 unspecified atom stereocenters. The van der Waals surface area contributed by atoms with Gasteiger partial charge >= 0.3 is 111 Å². The molecule has 0 bridgehead atoms. The fourth-order valence-electron chi connectivity index (χ4n) is 2.13. The van der Waals surface area contributed by atoms with Crippen LogP contribution in [0.5, 0.6) is 0 Å². The van der Waals surface area contributed by atoms with Crippen LogP contribution in [-0.4, -0.2) is 37.1 Å². The van der Waals surface area contributed by atoms with Gasteiger partial charge < -0.3 is 0 Å². The van der Waals surface area contributed by atoms with E-state index in [4.69, 9.17) is 4.98 Å². The Kier molecular flexibility index (Phi) is 3.15. The van der Waals surface area contributed by atoms with Gasteiger partial charge in [-0.05, 0) is 0 Å². The Morgan fingerprint density at radius 1 is 1.50 bits per heavy atom. The van der Waals surface area contributed by atoms with Crippen molar-refractivity contribution in [1.82, 2.24) is 12.1 Å². The van der Waals surface area contributed by atoms with Crippen molar-refractivity contribution >= 4 is 25.0 Å². The van der Waals surface area contributed by atoms with Crippen LogP contribution >= 0.6 is 0 Å². The predicted octanol–water partition coefficient (Wildman–Crippen LogP) is -0.0199. The van der Waals surface area contributed by atoms with Crippen LogP contribution in [0, 0.1) is 6.92 Å². The average Bonchev–Trinajstić information content (AvgIpc) is 2.69. The summed E-state index contributed by atoms with van der Waals surface area (Å²) in [4.78, 5) is 4.69. The maximum absolute atomic E-state index is 4.69. The Labute approximate surface area is 111 Å². The zero-order chi connectivity index (χ0) is 11.9. The maximum atomic E-state index is 4.69. The Bertz CT molecular complexity index is 505. The van der Waals surface area contributed by atoms with Gasteiger partial charge in [-0.15, -0.1) is 0 Å². The third-order valence-electron chi connectivity index (χ3n) is 2.98. The van der Waals surface area contributed by atoms with Gasteiger partial charge in [-0.3, -0.25) is 0 Å². The number of rotatable bonds is 2. The van der Waals surface area contributed by atoms with Crippen LogP contribution in [0.4, 0.5) is 0 Å². The molecule has 0 radical (unpaired) electrons. The molecule has 5 heteroatoms. The summed E-state index contributed by atoms with van der Waals surface area (Å²) >= 11 is 0.767. The minimum absolute atomic E-state index is 0.767. The minimum atomic E-state index is 0.767. The summed E-state index contributed by atoms with van der Waals surface area (Å²) in [6, 6.07) is 0. The zero-order valence-electron chi connectivity index (χ0n) is 10.2. The summed E-state index contributed by atoms with van der Waals surface area (Å²) < 4.78 is 6.62. The van der Waals surface area contributed by atoms with E-state index in [1.807, 2.05) is 0 Å². The Hall–Kier alpha value is -0.697. The molecule has 2 rings (SSSR count). The molecule has 0 aliphatic heterocycles. The van der Waals surface area contributed by atoms with E-state index in [0.29, 0.717) is 0 Å². The van der Waals surface area contributed by atoms with Crippen molar-refractivity contribution in [2.24, 2.45) is 14.1 Å². The van der Waals surface area contributed by atoms with Crippen LogP contribution < -0.4 is 4.57 Å². The molecular weight excluding hydrogens is 397 g/mol. The predicted molar refractivity (Wildman–Crippen MR) is 65.9 cm³/mol. The van der Waals surface area contributed by atoms with Crippen LogP contribution in [0.2, 0.25) is 0 Å². The van der Waals surface area contributed by atoms with Crippen molar-refractivity contribution in [3.05, 3.63) is 23.8 Å². The van der Waals surface area contributed by atoms with Crippen LogP contribution in [-0.2, 0) is 20.5 Å². The van der Waals surface area contributed by atoms with Crippen molar-refractivity contribution in [1.29, 1.82) is 0 Å². The van der Waals surface area contributed by atoms with Crippen LogP contribution in [0.1, 0.15) is 18.3 Å². The number of hydrogen-bond donors (Lipinski definition) is 0. The van der Waals surface area contributed by atoms with E-state index >= 15 is 0 Å². The molecule has 0 aliphatic rings. The molecule has 0 atom stereocenters. The fraction of sp³-hybridized carbons (Fsp3) is 0.455. The molecule has 0 N–H and O–H groups in total. The Morgan fingerprint density at radius 2 is 2.19 bits per heavy atom. The number of nitrogens with zero attached hydrogens (tertiary/aromatic N) is 4. The summed E-state index contributed by atoms with van der Waals surface area (Å²) in [5, 5.41) is 0. The number of hydrogen-bond acceptors (Lipinski definition) is 1. The average molecular weight is 415 g/mol. The van der Waals surface area contributed by atoms with Gasteiger partial charge in [0.05, 0.1) is 0 Å². The van der Waals surface area contributed by atoms with E-state index in [2.05, 4.69) is 52.0 Å². The topological polar surface area (TPSA) is 26.6 Å². The second-order valence-electron chi connectivity index (χ2n) is 4.02. The van der Waals surface area contributed by atoms with E-state index in [1.165, 1.54) is 11.5 Å². The van der Waals surface area contributed by atoms with Gasteiger partial charge in [0.25, 0.3) is 0 Å². The summed E-state index contributed by atoms with van der Waals surface area (Å²) in [6.07, 6.45) is 5.24. The molecule has 0 amide bonds. The van der Waals surface area contributed by atoms with E-state index in [-0.39, 0.29) is 0 Å². The van der Waals surface area contributed by atoms with E-state index in [1.54, 1.807) is 0 Å². The number of aromatic nitrogens is 4. The molecule has 0 aliphatic carbocycles. The first-order valence-electron chi connectivity index (χ1n) is 5.40. The fourth-order valence-corrected chi connectivity index (χ4v) is 3.59. The van der Waals surface area contributed by atoms with Gasteiger partial charge in [0.15, 0.2) is 0 Å². The third-order valence-corrected chi connectivity index (χ3v) is 4.60. The Balaban J connectivity index is 2.66. The monoisotopic (exact) mass is 415 g/mol. The molecule has 4 nitrogen and oxygen atoms in total. The van der Waals surface area contributed by atoms with Gasteiger partial charge in [-0.25, -0.2) is 0 Å². The first kappa shape index (κ1) is 11.8. The Morgan fingerprint density at radius 3 is 2.62 bits per heavy atom. The van der Waals surface area contributed by atoms with Gasteiger partial charge in [0.2, 0.25) is 0 Å². The molecule has 0 spiro atoms. The SMILES string of the molecule is CCc1c(C)nc(-c2[n]([BiH2])cc[n+]2C)n1C. The van der Waals surface area contributed by atoms with E-state index in [0.717, 1.165) is 42.9 Å². The molecule has 2 aromatic heterocycles. The molecule has 0 saturated carbocycles. The molecular formula is C11H18BiN4+. The van der Waals surface area contributed by atoms with Crippen molar-refractivity contribution in [3.8, 4) is 11.6 Å². The molecule has 0 saturated heterocycles.